The van der Waals surface area contributed by atoms with Crippen LogP contribution in [0.1, 0.15) is 24.8 Å². The minimum absolute atomic E-state index is 0.0953. The summed E-state index contributed by atoms with van der Waals surface area (Å²) in [5.74, 6) is 1.90. The minimum Gasteiger partial charge on any atom is -0.493 e. The van der Waals surface area contributed by atoms with Gasteiger partial charge in [-0.05, 0) is 37.0 Å². The van der Waals surface area contributed by atoms with E-state index in [1.165, 1.54) is 5.56 Å². The molecular weight excluding hydrogens is 418 g/mol. The van der Waals surface area contributed by atoms with E-state index in [1.807, 2.05) is 17.0 Å². The van der Waals surface area contributed by atoms with E-state index in [1.54, 1.807) is 14.2 Å². The molecule has 1 amide bonds. The van der Waals surface area contributed by atoms with Crippen LogP contribution in [0.2, 0.25) is 0 Å². The predicted octanol–water partition coefficient (Wildman–Crippen LogP) is 1.000. The van der Waals surface area contributed by atoms with Gasteiger partial charge in [-0.3, -0.25) is 14.6 Å². The zero-order valence-electron chi connectivity index (χ0n) is 18.5. The largest absolute Gasteiger partial charge is 0.493 e. The molecule has 3 aliphatic rings. The van der Waals surface area contributed by atoms with Gasteiger partial charge >= 0.3 is 0 Å². The first-order chi connectivity index (χ1) is 14.9. The van der Waals surface area contributed by atoms with Crippen LogP contribution in [0.4, 0.5) is 0 Å². The quantitative estimate of drug-likeness (QED) is 0.583. The molecule has 0 radical (unpaired) electrons. The lowest BCUT2D eigenvalue weighted by Crippen LogP contribution is -2.52. The number of methoxy groups -OCH3 is 2. The lowest BCUT2D eigenvalue weighted by atomic mass is 10.1. The topological polar surface area (TPSA) is 79.4 Å². The van der Waals surface area contributed by atoms with Gasteiger partial charge in [-0.15, -0.1) is 0 Å². The van der Waals surface area contributed by atoms with Gasteiger partial charge in [-0.2, -0.15) is 0 Å². The molecule has 1 aromatic carbocycles. The summed E-state index contributed by atoms with van der Waals surface area (Å²) in [4.78, 5) is 19.5. The highest BCUT2D eigenvalue weighted by molar-refractivity contribution is 7.91. The number of hydrogen-bond acceptors (Lipinski definition) is 7. The maximum absolute atomic E-state index is 13.0. The number of sulfone groups is 1. The summed E-state index contributed by atoms with van der Waals surface area (Å²) in [5, 5.41) is 0. The van der Waals surface area contributed by atoms with Crippen molar-refractivity contribution in [2.24, 2.45) is 0 Å². The summed E-state index contributed by atoms with van der Waals surface area (Å²) in [6, 6.07) is 6.12. The molecule has 8 nitrogen and oxygen atoms in total. The van der Waals surface area contributed by atoms with Crippen LogP contribution in [0, 0.1) is 0 Å². The van der Waals surface area contributed by atoms with Crippen molar-refractivity contribution >= 4 is 15.7 Å². The number of piperazine rings is 1. The van der Waals surface area contributed by atoms with Gasteiger partial charge in [0.05, 0.1) is 32.3 Å². The van der Waals surface area contributed by atoms with Gasteiger partial charge in [0, 0.05) is 44.8 Å². The Morgan fingerprint density at radius 1 is 1.00 bits per heavy atom. The molecule has 1 atom stereocenters. The molecule has 1 aromatic rings. The fourth-order valence-electron chi connectivity index (χ4n) is 4.67. The van der Waals surface area contributed by atoms with Gasteiger partial charge < -0.3 is 14.4 Å². The number of carbonyl (C=O) groups excluding carboxylic acids is 1. The molecule has 0 N–H and O–H groups in total. The Kier molecular flexibility index (Phi) is 6.74. The average molecular weight is 452 g/mol. The number of nitrogens with zero attached hydrogens (tertiary/aromatic N) is 3. The van der Waals surface area contributed by atoms with Crippen molar-refractivity contribution in [2.75, 3.05) is 58.4 Å². The molecule has 1 saturated carbocycles. The monoisotopic (exact) mass is 451 g/mol. The van der Waals surface area contributed by atoms with E-state index < -0.39 is 9.84 Å². The highest BCUT2D eigenvalue weighted by Gasteiger charge is 2.42. The van der Waals surface area contributed by atoms with E-state index in [4.69, 9.17) is 9.47 Å². The molecule has 2 saturated heterocycles. The Hall–Kier alpha value is -1.84. The number of carbonyl (C=O) groups is 1. The standard InChI is InChI=1S/C22H33N3O5S/c1-29-20-6-3-17(13-21(20)30-2)14-23-8-10-24(11-9-23)15-22(26)25(18-4-5-18)19-7-12-31(27,28)16-19/h3,6,13,18-19H,4-5,7-12,14-16H2,1-2H3/t19-/m1/s1. The van der Waals surface area contributed by atoms with E-state index >= 15 is 0 Å². The summed E-state index contributed by atoms with van der Waals surface area (Å²) < 4.78 is 34.5. The minimum atomic E-state index is -2.99. The third-order valence-corrected chi connectivity index (χ3v) is 8.26. The van der Waals surface area contributed by atoms with Crippen molar-refractivity contribution in [3.05, 3.63) is 23.8 Å². The first kappa shape index (κ1) is 22.4. The summed E-state index contributed by atoms with van der Waals surface area (Å²) >= 11 is 0. The maximum Gasteiger partial charge on any atom is 0.237 e. The summed E-state index contributed by atoms with van der Waals surface area (Å²) in [6.45, 7) is 4.67. The van der Waals surface area contributed by atoms with Crippen molar-refractivity contribution in [1.82, 2.24) is 14.7 Å². The fraction of sp³-hybridized carbons (Fsp3) is 0.682. The molecule has 4 rings (SSSR count). The highest BCUT2D eigenvalue weighted by atomic mass is 32.2. The Balaban J connectivity index is 1.28. The Morgan fingerprint density at radius 2 is 1.68 bits per heavy atom. The summed E-state index contributed by atoms with van der Waals surface area (Å²) in [5.41, 5.74) is 1.17. The normalized spacial score (nSPS) is 24.1. The molecule has 9 heteroatoms. The highest BCUT2D eigenvalue weighted by Crippen LogP contribution is 2.32. The van der Waals surface area contributed by atoms with Gasteiger partial charge in [0.2, 0.25) is 5.91 Å². The van der Waals surface area contributed by atoms with Gasteiger partial charge in [0.25, 0.3) is 0 Å². The van der Waals surface area contributed by atoms with Gasteiger partial charge in [-0.1, -0.05) is 6.07 Å². The fourth-order valence-corrected chi connectivity index (χ4v) is 6.38. The molecule has 31 heavy (non-hydrogen) atoms. The lowest BCUT2D eigenvalue weighted by Gasteiger charge is -2.36. The first-order valence-corrected chi connectivity index (χ1v) is 12.9. The third-order valence-electron chi connectivity index (χ3n) is 6.51. The molecule has 0 spiro atoms. The van der Waals surface area contributed by atoms with Crippen molar-refractivity contribution in [2.45, 2.75) is 37.9 Å². The van der Waals surface area contributed by atoms with Crippen LogP contribution in [0.15, 0.2) is 18.2 Å². The Bertz CT molecular complexity index is 894. The lowest BCUT2D eigenvalue weighted by molar-refractivity contribution is -0.135. The van der Waals surface area contributed by atoms with E-state index in [-0.39, 0.29) is 29.5 Å². The van der Waals surface area contributed by atoms with Crippen LogP contribution in [0.25, 0.3) is 0 Å². The number of rotatable bonds is 8. The second-order valence-corrected chi connectivity index (χ2v) is 11.1. The molecule has 2 heterocycles. The smallest absolute Gasteiger partial charge is 0.237 e. The van der Waals surface area contributed by atoms with Gasteiger partial charge in [0.1, 0.15) is 0 Å². The van der Waals surface area contributed by atoms with Gasteiger partial charge in [-0.25, -0.2) is 8.42 Å². The molecule has 0 aromatic heterocycles. The number of hydrogen-bond donors (Lipinski definition) is 0. The summed E-state index contributed by atoms with van der Waals surface area (Å²) in [6.07, 6.45) is 2.59. The Labute approximate surface area is 185 Å². The zero-order valence-corrected chi connectivity index (χ0v) is 19.3. The summed E-state index contributed by atoms with van der Waals surface area (Å²) in [7, 11) is 0.285. The maximum atomic E-state index is 13.0. The SMILES string of the molecule is COc1ccc(CN2CCN(CC(=O)N(C3CC3)[C@@H]3CCS(=O)(=O)C3)CC2)cc1OC. The van der Waals surface area contributed by atoms with Crippen LogP contribution in [0.3, 0.4) is 0 Å². The van der Waals surface area contributed by atoms with E-state index in [2.05, 4.69) is 15.9 Å². The number of amides is 1. The van der Waals surface area contributed by atoms with Crippen molar-refractivity contribution in [3.63, 3.8) is 0 Å². The number of benzene rings is 1. The molecule has 1 aliphatic carbocycles. The first-order valence-electron chi connectivity index (χ1n) is 11.1. The second kappa shape index (κ2) is 9.34. The zero-order chi connectivity index (χ0) is 22.0. The van der Waals surface area contributed by atoms with Gasteiger partial charge in [0.15, 0.2) is 21.3 Å². The van der Waals surface area contributed by atoms with Crippen LogP contribution in [-0.2, 0) is 21.2 Å². The second-order valence-electron chi connectivity index (χ2n) is 8.83. The van der Waals surface area contributed by atoms with Crippen LogP contribution in [0.5, 0.6) is 11.5 Å². The van der Waals surface area contributed by atoms with Crippen molar-refractivity contribution in [3.8, 4) is 11.5 Å². The van der Waals surface area contributed by atoms with Crippen LogP contribution >= 0.6 is 0 Å². The molecule has 2 aliphatic heterocycles. The van der Waals surface area contributed by atoms with E-state index in [0.717, 1.165) is 57.1 Å². The van der Waals surface area contributed by atoms with Crippen LogP contribution < -0.4 is 9.47 Å². The molecule has 3 fully saturated rings. The van der Waals surface area contributed by atoms with Crippen LogP contribution in [-0.4, -0.2) is 99.6 Å². The molecular formula is C22H33N3O5S. The average Bonchev–Trinajstić information content (AvgIpc) is 3.51. The molecule has 0 bridgehead atoms. The molecule has 0 unspecified atom stereocenters. The molecule has 172 valence electrons. The Morgan fingerprint density at radius 3 is 2.26 bits per heavy atom. The number of ether oxygens (including phenoxy) is 2. The predicted molar refractivity (Wildman–Crippen MR) is 118 cm³/mol. The van der Waals surface area contributed by atoms with Crippen molar-refractivity contribution in [1.29, 1.82) is 0 Å². The van der Waals surface area contributed by atoms with E-state index in [0.29, 0.717) is 13.0 Å². The van der Waals surface area contributed by atoms with E-state index in [9.17, 15) is 13.2 Å². The van der Waals surface area contributed by atoms with Crippen molar-refractivity contribution < 1.29 is 22.7 Å². The third kappa shape index (κ3) is 5.51.